The highest BCUT2D eigenvalue weighted by molar-refractivity contribution is 14.1. The molecular formula is C12H18INO3. The third-order valence-electron chi connectivity index (χ3n) is 2.14. The summed E-state index contributed by atoms with van der Waals surface area (Å²) in [6.45, 7) is 1.86. The average molecular weight is 351 g/mol. The molecule has 0 aliphatic heterocycles. The van der Waals surface area contributed by atoms with E-state index in [-0.39, 0.29) is 0 Å². The molecule has 0 fully saturated rings. The van der Waals surface area contributed by atoms with Gasteiger partial charge in [0.2, 0.25) is 0 Å². The van der Waals surface area contributed by atoms with Crippen LogP contribution in [0.4, 0.5) is 5.69 Å². The van der Waals surface area contributed by atoms with Gasteiger partial charge >= 0.3 is 0 Å². The number of hydrogen-bond acceptors (Lipinski definition) is 4. The van der Waals surface area contributed by atoms with E-state index in [0.29, 0.717) is 26.4 Å². The molecule has 17 heavy (non-hydrogen) atoms. The molecule has 1 rings (SSSR count). The molecule has 0 amide bonds. The summed E-state index contributed by atoms with van der Waals surface area (Å²) in [5.41, 5.74) is 1.03. The van der Waals surface area contributed by atoms with Crippen LogP contribution in [0, 0.1) is 3.57 Å². The summed E-state index contributed by atoms with van der Waals surface area (Å²) >= 11 is 2.25. The zero-order valence-electron chi connectivity index (χ0n) is 9.86. The molecule has 1 unspecified atom stereocenters. The van der Waals surface area contributed by atoms with Crippen molar-refractivity contribution in [3.05, 3.63) is 27.8 Å². The van der Waals surface area contributed by atoms with Crippen molar-refractivity contribution < 1.29 is 14.6 Å². The molecule has 0 saturated heterocycles. The molecule has 0 heterocycles. The molecule has 5 heteroatoms. The maximum atomic E-state index is 9.67. The van der Waals surface area contributed by atoms with Crippen LogP contribution >= 0.6 is 22.6 Å². The van der Waals surface area contributed by atoms with E-state index in [4.69, 9.17) is 9.47 Å². The van der Waals surface area contributed by atoms with E-state index in [1.807, 2.05) is 24.3 Å². The first kappa shape index (κ1) is 14.7. The van der Waals surface area contributed by atoms with Gasteiger partial charge in [0, 0.05) is 22.9 Å². The Morgan fingerprint density at radius 3 is 2.82 bits per heavy atom. The van der Waals surface area contributed by atoms with Crippen molar-refractivity contribution in [3.8, 4) is 0 Å². The maximum Gasteiger partial charge on any atom is 0.0945 e. The minimum atomic E-state index is -0.511. The lowest BCUT2D eigenvalue weighted by molar-refractivity contribution is 0.0182. The topological polar surface area (TPSA) is 50.7 Å². The Bertz CT molecular complexity index is 322. The first-order valence-corrected chi connectivity index (χ1v) is 6.55. The van der Waals surface area contributed by atoms with Crippen LogP contribution in [-0.2, 0) is 9.47 Å². The Hall–Kier alpha value is -0.370. The van der Waals surface area contributed by atoms with Crippen LogP contribution in [0.5, 0.6) is 0 Å². The number of nitrogens with one attached hydrogen (secondary N) is 1. The summed E-state index contributed by atoms with van der Waals surface area (Å²) in [6.07, 6.45) is -0.511. The number of ether oxygens (including phenoxy) is 2. The predicted octanol–water partition coefficient (Wildman–Crippen LogP) is 1.73. The Morgan fingerprint density at radius 1 is 1.35 bits per heavy atom. The summed E-state index contributed by atoms with van der Waals surface area (Å²) < 4.78 is 11.2. The summed E-state index contributed by atoms with van der Waals surface area (Å²) in [6, 6.07) is 7.95. The normalized spacial score (nSPS) is 12.4. The molecular weight excluding hydrogens is 333 g/mol. The molecule has 1 aromatic rings. The molecule has 0 aliphatic carbocycles. The van der Waals surface area contributed by atoms with Crippen LogP contribution in [0.3, 0.4) is 0 Å². The quantitative estimate of drug-likeness (QED) is 0.553. The van der Waals surface area contributed by atoms with E-state index in [1.54, 1.807) is 7.11 Å². The van der Waals surface area contributed by atoms with E-state index < -0.39 is 6.10 Å². The van der Waals surface area contributed by atoms with Crippen LogP contribution in [0.1, 0.15) is 0 Å². The van der Waals surface area contributed by atoms with Crippen molar-refractivity contribution in [3.63, 3.8) is 0 Å². The standard InChI is InChI=1S/C12H18INO3/c1-16-6-7-17-9-10(15)8-14-12-5-3-2-4-11(12)13/h2-5,10,14-15H,6-9H2,1H3. The van der Waals surface area contributed by atoms with Gasteiger partial charge in [0.25, 0.3) is 0 Å². The maximum absolute atomic E-state index is 9.67. The van der Waals surface area contributed by atoms with Gasteiger partial charge in [-0.2, -0.15) is 0 Å². The molecule has 0 bridgehead atoms. The number of aliphatic hydroxyl groups is 1. The highest BCUT2D eigenvalue weighted by Gasteiger charge is 2.05. The van der Waals surface area contributed by atoms with Crippen molar-refractivity contribution in [1.29, 1.82) is 0 Å². The number of methoxy groups -OCH3 is 1. The monoisotopic (exact) mass is 351 g/mol. The van der Waals surface area contributed by atoms with Crippen molar-refractivity contribution in [2.45, 2.75) is 6.10 Å². The molecule has 2 N–H and O–H groups in total. The van der Waals surface area contributed by atoms with Gasteiger partial charge in [-0.05, 0) is 34.7 Å². The molecule has 1 atom stereocenters. The first-order valence-electron chi connectivity index (χ1n) is 5.47. The van der Waals surface area contributed by atoms with Crippen LogP contribution < -0.4 is 5.32 Å². The zero-order chi connectivity index (χ0) is 12.5. The van der Waals surface area contributed by atoms with E-state index >= 15 is 0 Å². The van der Waals surface area contributed by atoms with Gasteiger partial charge in [-0.15, -0.1) is 0 Å². The van der Waals surface area contributed by atoms with Crippen LogP contribution in [0.25, 0.3) is 0 Å². The fourth-order valence-corrected chi connectivity index (χ4v) is 1.83. The van der Waals surface area contributed by atoms with Gasteiger partial charge in [0.05, 0.1) is 25.9 Å². The molecule has 0 radical (unpaired) electrons. The van der Waals surface area contributed by atoms with Crippen LogP contribution in [-0.4, -0.2) is 44.7 Å². The van der Waals surface area contributed by atoms with Gasteiger partial charge in [0.15, 0.2) is 0 Å². The number of hydrogen-bond donors (Lipinski definition) is 2. The largest absolute Gasteiger partial charge is 0.389 e. The number of rotatable bonds is 8. The van der Waals surface area contributed by atoms with Crippen LogP contribution in [0.15, 0.2) is 24.3 Å². The van der Waals surface area contributed by atoms with Gasteiger partial charge < -0.3 is 19.9 Å². The molecule has 0 saturated carbocycles. The second kappa shape index (κ2) is 8.68. The van der Waals surface area contributed by atoms with Crippen molar-refractivity contribution in [2.24, 2.45) is 0 Å². The molecule has 0 aliphatic rings. The Labute approximate surface area is 115 Å². The second-order valence-corrected chi connectivity index (χ2v) is 4.74. The molecule has 0 aromatic heterocycles. The van der Waals surface area contributed by atoms with Crippen molar-refractivity contribution in [1.82, 2.24) is 0 Å². The lowest BCUT2D eigenvalue weighted by Crippen LogP contribution is -2.25. The van der Waals surface area contributed by atoms with Crippen molar-refractivity contribution >= 4 is 28.3 Å². The summed E-state index contributed by atoms with van der Waals surface area (Å²) in [5, 5.41) is 12.9. The fraction of sp³-hybridized carbons (Fsp3) is 0.500. The van der Waals surface area contributed by atoms with Gasteiger partial charge in [-0.3, -0.25) is 0 Å². The van der Waals surface area contributed by atoms with E-state index in [0.717, 1.165) is 9.26 Å². The van der Waals surface area contributed by atoms with E-state index in [2.05, 4.69) is 27.9 Å². The highest BCUT2D eigenvalue weighted by Crippen LogP contribution is 2.16. The predicted molar refractivity (Wildman–Crippen MR) is 76.4 cm³/mol. The molecule has 96 valence electrons. The zero-order valence-corrected chi connectivity index (χ0v) is 12.0. The Kier molecular flexibility index (Phi) is 7.50. The first-order chi connectivity index (χ1) is 8.24. The summed E-state index contributed by atoms with van der Waals surface area (Å²) in [7, 11) is 1.62. The second-order valence-electron chi connectivity index (χ2n) is 3.58. The summed E-state index contributed by atoms with van der Waals surface area (Å²) in [4.78, 5) is 0. The smallest absolute Gasteiger partial charge is 0.0945 e. The molecule has 1 aromatic carbocycles. The Morgan fingerprint density at radius 2 is 2.12 bits per heavy atom. The number of benzene rings is 1. The van der Waals surface area contributed by atoms with Crippen molar-refractivity contribution in [2.75, 3.05) is 38.8 Å². The third kappa shape index (κ3) is 6.21. The SMILES string of the molecule is COCCOCC(O)CNc1ccccc1I. The van der Waals surface area contributed by atoms with Crippen LogP contribution in [0.2, 0.25) is 0 Å². The number of para-hydroxylation sites is 1. The third-order valence-corrected chi connectivity index (χ3v) is 3.08. The molecule has 0 spiro atoms. The molecule has 4 nitrogen and oxygen atoms in total. The average Bonchev–Trinajstić information content (AvgIpc) is 2.34. The number of aliphatic hydroxyl groups excluding tert-OH is 1. The number of halogens is 1. The van der Waals surface area contributed by atoms with E-state index in [9.17, 15) is 5.11 Å². The minimum Gasteiger partial charge on any atom is -0.389 e. The Balaban J connectivity index is 2.19. The number of anilines is 1. The minimum absolute atomic E-state index is 0.319. The fourth-order valence-electron chi connectivity index (χ4n) is 1.25. The van der Waals surface area contributed by atoms with E-state index in [1.165, 1.54) is 0 Å². The highest BCUT2D eigenvalue weighted by atomic mass is 127. The van der Waals surface area contributed by atoms with Gasteiger partial charge in [-0.25, -0.2) is 0 Å². The summed E-state index contributed by atoms with van der Waals surface area (Å²) in [5.74, 6) is 0. The lowest BCUT2D eigenvalue weighted by Gasteiger charge is -2.14. The van der Waals surface area contributed by atoms with Gasteiger partial charge in [-0.1, -0.05) is 12.1 Å². The van der Waals surface area contributed by atoms with Gasteiger partial charge in [0.1, 0.15) is 0 Å². The lowest BCUT2D eigenvalue weighted by atomic mass is 10.3.